The molecule has 1 rings (SSSR count). The Morgan fingerprint density at radius 3 is 2.71 bits per heavy atom. The van der Waals surface area contributed by atoms with E-state index in [9.17, 15) is 4.79 Å². The highest BCUT2D eigenvalue weighted by Crippen LogP contribution is 2.20. The number of aliphatic hydroxyl groups excluding tert-OH is 1. The molecule has 1 saturated heterocycles. The Bertz CT molecular complexity index is 210. The number of morpholine rings is 1. The highest BCUT2D eigenvalue weighted by Gasteiger charge is 2.33. The van der Waals surface area contributed by atoms with Gasteiger partial charge in [0, 0.05) is 12.0 Å². The van der Waals surface area contributed by atoms with Gasteiger partial charge in [-0.05, 0) is 0 Å². The molecule has 4 nitrogen and oxygen atoms in total. The summed E-state index contributed by atoms with van der Waals surface area (Å²) >= 11 is 0. The molecule has 0 saturated carbocycles. The fourth-order valence-electron chi connectivity index (χ4n) is 1.50. The molecule has 1 atom stereocenters. The van der Waals surface area contributed by atoms with Gasteiger partial charge in [-0.3, -0.25) is 4.79 Å². The van der Waals surface area contributed by atoms with Crippen LogP contribution >= 0.6 is 0 Å². The average Bonchev–Trinajstić information content (AvgIpc) is 2.15. The number of rotatable bonds is 1. The first-order valence-corrected chi connectivity index (χ1v) is 4.96. The summed E-state index contributed by atoms with van der Waals surface area (Å²) in [4.78, 5) is 13.7. The van der Waals surface area contributed by atoms with Crippen LogP contribution in [0.5, 0.6) is 0 Å². The van der Waals surface area contributed by atoms with Crippen molar-refractivity contribution in [2.75, 3.05) is 26.4 Å². The van der Waals surface area contributed by atoms with E-state index in [4.69, 9.17) is 9.84 Å². The molecule has 82 valence electrons. The number of carbonyl (C=O) groups is 1. The minimum Gasteiger partial charge on any atom is -0.394 e. The largest absolute Gasteiger partial charge is 0.394 e. The molecular weight excluding hydrogens is 182 g/mol. The maximum absolute atomic E-state index is 11.9. The second-order valence-corrected chi connectivity index (χ2v) is 4.66. The van der Waals surface area contributed by atoms with Crippen LogP contribution in [0.2, 0.25) is 0 Å². The minimum atomic E-state index is -0.384. The topological polar surface area (TPSA) is 49.8 Å². The number of aliphatic hydroxyl groups is 1. The molecule has 0 spiro atoms. The molecule has 1 heterocycles. The Labute approximate surface area is 84.8 Å². The predicted octanol–water partition coefficient (Wildman–Crippen LogP) is 0.252. The molecule has 0 radical (unpaired) electrons. The van der Waals surface area contributed by atoms with E-state index < -0.39 is 0 Å². The van der Waals surface area contributed by atoms with E-state index in [1.807, 2.05) is 20.8 Å². The number of hydrogen-bond donors (Lipinski definition) is 1. The Hall–Kier alpha value is -0.610. The van der Waals surface area contributed by atoms with Crippen LogP contribution in [0.3, 0.4) is 0 Å². The quantitative estimate of drug-likeness (QED) is 0.661. The van der Waals surface area contributed by atoms with E-state index in [0.29, 0.717) is 19.8 Å². The standard InChI is InChI=1S/C10H19NO3/c1-10(2,3)9(13)11-4-5-14-7-8(11)6-12/h8,12H,4-7H2,1-3H3/t8-/m0/s1. The van der Waals surface area contributed by atoms with Crippen molar-refractivity contribution in [3.05, 3.63) is 0 Å². The van der Waals surface area contributed by atoms with Crippen molar-refractivity contribution in [3.8, 4) is 0 Å². The van der Waals surface area contributed by atoms with Crippen LogP contribution in [0.15, 0.2) is 0 Å². The first-order valence-electron chi connectivity index (χ1n) is 4.96. The third kappa shape index (κ3) is 2.45. The normalized spacial score (nSPS) is 23.7. The van der Waals surface area contributed by atoms with Gasteiger partial charge in [0.05, 0.1) is 25.9 Å². The molecule has 1 N–H and O–H groups in total. The third-order valence-electron chi connectivity index (χ3n) is 2.34. The molecule has 0 bridgehead atoms. The fraction of sp³-hybridized carbons (Fsp3) is 0.900. The van der Waals surface area contributed by atoms with E-state index in [2.05, 4.69) is 0 Å². The van der Waals surface area contributed by atoms with E-state index in [1.54, 1.807) is 4.90 Å². The van der Waals surface area contributed by atoms with Gasteiger partial charge in [-0.15, -0.1) is 0 Å². The highest BCUT2D eigenvalue weighted by molar-refractivity contribution is 5.81. The summed E-state index contributed by atoms with van der Waals surface area (Å²) in [7, 11) is 0. The van der Waals surface area contributed by atoms with Crippen LogP contribution in [-0.4, -0.2) is 48.3 Å². The van der Waals surface area contributed by atoms with Crippen molar-refractivity contribution in [1.82, 2.24) is 4.90 Å². The van der Waals surface area contributed by atoms with Gasteiger partial charge < -0.3 is 14.7 Å². The highest BCUT2D eigenvalue weighted by atomic mass is 16.5. The Morgan fingerprint density at radius 2 is 2.21 bits per heavy atom. The lowest BCUT2D eigenvalue weighted by atomic mass is 9.93. The third-order valence-corrected chi connectivity index (χ3v) is 2.34. The van der Waals surface area contributed by atoms with Crippen molar-refractivity contribution in [1.29, 1.82) is 0 Å². The first kappa shape index (κ1) is 11.5. The molecule has 1 aliphatic heterocycles. The molecular formula is C10H19NO3. The summed E-state index contributed by atoms with van der Waals surface area (Å²) < 4.78 is 5.21. The average molecular weight is 201 g/mol. The summed E-state index contributed by atoms with van der Waals surface area (Å²) in [6, 6.07) is -0.171. The van der Waals surface area contributed by atoms with Gasteiger partial charge in [-0.25, -0.2) is 0 Å². The smallest absolute Gasteiger partial charge is 0.228 e. The van der Waals surface area contributed by atoms with Crippen LogP contribution in [0.4, 0.5) is 0 Å². The first-order chi connectivity index (χ1) is 6.46. The van der Waals surface area contributed by atoms with Crippen LogP contribution in [0.25, 0.3) is 0 Å². The number of amides is 1. The summed E-state index contributed by atoms with van der Waals surface area (Å²) in [5.41, 5.74) is -0.384. The van der Waals surface area contributed by atoms with Gasteiger partial charge in [0.1, 0.15) is 0 Å². The molecule has 0 aliphatic carbocycles. The summed E-state index contributed by atoms with van der Waals surface area (Å²) in [6.07, 6.45) is 0. The molecule has 14 heavy (non-hydrogen) atoms. The van der Waals surface area contributed by atoms with Gasteiger partial charge in [-0.2, -0.15) is 0 Å². The number of nitrogens with zero attached hydrogens (tertiary/aromatic N) is 1. The second-order valence-electron chi connectivity index (χ2n) is 4.66. The van der Waals surface area contributed by atoms with Crippen LogP contribution in [0, 0.1) is 5.41 Å². The summed E-state index contributed by atoms with van der Waals surface area (Å²) in [5.74, 6) is 0.0832. The predicted molar refractivity (Wildman–Crippen MR) is 52.9 cm³/mol. The summed E-state index contributed by atoms with van der Waals surface area (Å²) in [5, 5.41) is 9.10. The van der Waals surface area contributed by atoms with Gasteiger partial charge in [0.25, 0.3) is 0 Å². The van der Waals surface area contributed by atoms with Crippen LogP contribution < -0.4 is 0 Å². The zero-order valence-corrected chi connectivity index (χ0v) is 9.12. The van der Waals surface area contributed by atoms with E-state index in [-0.39, 0.29) is 24.0 Å². The lowest BCUT2D eigenvalue weighted by Gasteiger charge is -2.38. The monoisotopic (exact) mass is 201 g/mol. The maximum atomic E-state index is 11.9. The van der Waals surface area contributed by atoms with Crippen LogP contribution in [0.1, 0.15) is 20.8 Å². The van der Waals surface area contributed by atoms with Crippen LogP contribution in [-0.2, 0) is 9.53 Å². The minimum absolute atomic E-state index is 0.0260. The van der Waals surface area contributed by atoms with Gasteiger partial charge in [0.15, 0.2) is 0 Å². The SMILES string of the molecule is CC(C)(C)C(=O)N1CCOC[C@@H]1CO. The Kier molecular flexibility index (Phi) is 3.50. The fourth-order valence-corrected chi connectivity index (χ4v) is 1.50. The van der Waals surface area contributed by atoms with Crippen molar-refractivity contribution in [2.45, 2.75) is 26.8 Å². The molecule has 0 unspecified atom stereocenters. The number of ether oxygens (including phenoxy) is 1. The van der Waals surface area contributed by atoms with E-state index in [1.165, 1.54) is 0 Å². The van der Waals surface area contributed by atoms with E-state index in [0.717, 1.165) is 0 Å². The van der Waals surface area contributed by atoms with Crippen molar-refractivity contribution < 1.29 is 14.6 Å². The van der Waals surface area contributed by atoms with Gasteiger partial charge in [0.2, 0.25) is 5.91 Å². The molecule has 1 aliphatic rings. The molecule has 0 aromatic rings. The molecule has 1 amide bonds. The molecule has 0 aromatic carbocycles. The lowest BCUT2D eigenvalue weighted by Crippen LogP contribution is -2.53. The maximum Gasteiger partial charge on any atom is 0.228 e. The lowest BCUT2D eigenvalue weighted by molar-refractivity contribution is -0.150. The second kappa shape index (κ2) is 4.28. The van der Waals surface area contributed by atoms with Crippen molar-refractivity contribution >= 4 is 5.91 Å². The summed E-state index contributed by atoms with van der Waals surface area (Å²) in [6.45, 7) is 7.23. The molecule has 4 heteroatoms. The number of hydrogen-bond acceptors (Lipinski definition) is 3. The Morgan fingerprint density at radius 1 is 1.57 bits per heavy atom. The van der Waals surface area contributed by atoms with Gasteiger partial charge in [-0.1, -0.05) is 20.8 Å². The van der Waals surface area contributed by atoms with Crippen molar-refractivity contribution in [3.63, 3.8) is 0 Å². The Balaban J connectivity index is 2.69. The molecule has 0 aromatic heterocycles. The molecule has 1 fully saturated rings. The number of carbonyl (C=O) groups excluding carboxylic acids is 1. The zero-order chi connectivity index (χ0) is 10.8. The van der Waals surface area contributed by atoms with Crippen molar-refractivity contribution in [2.24, 2.45) is 5.41 Å². The zero-order valence-electron chi connectivity index (χ0n) is 9.12. The van der Waals surface area contributed by atoms with E-state index >= 15 is 0 Å². The van der Waals surface area contributed by atoms with Gasteiger partial charge >= 0.3 is 0 Å².